The number of para-hydroxylation sites is 2. The molecule has 1 N–H and O–H groups in total. The quantitative estimate of drug-likeness (QED) is 0.260. The van der Waals surface area contributed by atoms with Gasteiger partial charge in [-0.15, -0.1) is 11.3 Å². The van der Waals surface area contributed by atoms with Crippen LogP contribution in [0.15, 0.2) is 65.1 Å². The molecule has 188 valence electrons. The summed E-state index contributed by atoms with van der Waals surface area (Å²) in [6, 6.07) is 20.7. The van der Waals surface area contributed by atoms with Gasteiger partial charge in [0.05, 0.1) is 11.1 Å². The molecule has 1 atom stereocenters. The molecule has 1 aliphatic rings. The number of hydrogen-bond donors (Lipinski definition) is 1. The fourth-order valence-electron chi connectivity index (χ4n) is 4.94. The van der Waals surface area contributed by atoms with Gasteiger partial charge in [-0.25, -0.2) is 9.78 Å². The highest BCUT2D eigenvalue weighted by Gasteiger charge is 2.26. The molecule has 2 heterocycles. The lowest BCUT2D eigenvalue weighted by atomic mass is 9.96. The van der Waals surface area contributed by atoms with Crippen LogP contribution in [0.3, 0.4) is 0 Å². The maximum absolute atomic E-state index is 13.4. The minimum atomic E-state index is -1.07. The molecule has 2 aromatic heterocycles. The van der Waals surface area contributed by atoms with Crippen LogP contribution in [-0.4, -0.2) is 23.0 Å². The molecule has 8 heteroatoms. The van der Waals surface area contributed by atoms with Crippen molar-refractivity contribution >= 4 is 50.1 Å². The summed E-state index contributed by atoms with van der Waals surface area (Å²) < 4.78 is 11.6. The highest BCUT2D eigenvalue weighted by atomic mass is 32.1. The van der Waals surface area contributed by atoms with E-state index in [2.05, 4.69) is 16.4 Å². The highest BCUT2D eigenvalue weighted by Crippen LogP contribution is 2.38. The third kappa shape index (κ3) is 4.21. The van der Waals surface area contributed by atoms with Crippen LogP contribution in [0.5, 0.6) is 0 Å². The van der Waals surface area contributed by atoms with Crippen molar-refractivity contribution in [1.29, 1.82) is 5.26 Å². The number of hydrogen-bond acceptors (Lipinski definition) is 7. The normalized spacial score (nSPS) is 13.6. The van der Waals surface area contributed by atoms with E-state index in [1.165, 1.54) is 18.3 Å². The maximum Gasteiger partial charge on any atom is 0.339 e. The second-order valence-electron chi connectivity index (χ2n) is 9.26. The topological polar surface area (TPSA) is 105 Å². The lowest BCUT2D eigenvalue weighted by Gasteiger charge is -2.15. The van der Waals surface area contributed by atoms with Crippen molar-refractivity contribution in [3.63, 3.8) is 0 Å². The van der Waals surface area contributed by atoms with Gasteiger partial charge in [-0.3, -0.25) is 4.79 Å². The van der Waals surface area contributed by atoms with Gasteiger partial charge in [0.2, 0.25) is 5.89 Å². The summed E-state index contributed by atoms with van der Waals surface area (Å²) in [7, 11) is 0. The zero-order valence-electron chi connectivity index (χ0n) is 20.6. The summed E-state index contributed by atoms with van der Waals surface area (Å²) >= 11 is 1.44. The molecule has 7 nitrogen and oxygen atoms in total. The molecule has 3 aromatic carbocycles. The van der Waals surface area contributed by atoms with Gasteiger partial charge < -0.3 is 14.5 Å². The number of amides is 1. The van der Waals surface area contributed by atoms with Crippen LogP contribution in [0, 0.1) is 11.3 Å². The van der Waals surface area contributed by atoms with Crippen LogP contribution in [-0.2, 0) is 22.4 Å². The Balaban J connectivity index is 1.28. The maximum atomic E-state index is 13.4. The van der Waals surface area contributed by atoms with Gasteiger partial charge in [0.25, 0.3) is 5.91 Å². The van der Waals surface area contributed by atoms with E-state index in [-0.39, 0.29) is 0 Å². The number of aromatic nitrogens is 1. The van der Waals surface area contributed by atoms with Gasteiger partial charge in [0.1, 0.15) is 16.6 Å². The Labute approximate surface area is 222 Å². The predicted molar refractivity (Wildman–Crippen MR) is 146 cm³/mol. The number of aryl methyl sites for hydroxylation is 1. The molecule has 5 aromatic rings. The van der Waals surface area contributed by atoms with Gasteiger partial charge in [-0.2, -0.15) is 5.26 Å². The zero-order chi connectivity index (χ0) is 26.2. The van der Waals surface area contributed by atoms with Crippen LogP contribution in [0.4, 0.5) is 5.00 Å². The first-order valence-electron chi connectivity index (χ1n) is 12.5. The largest absolute Gasteiger partial charge is 0.449 e. The predicted octanol–water partition coefficient (Wildman–Crippen LogP) is 6.64. The van der Waals surface area contributed by atoms with Gasteiger partial charge in [-0.1, -0.05) is 36.4 Å². The van der Waals surface area contributed by atoms with Crippen LogP contribution >= 0.6 is 11.3 Å². The lowest BCUT2D eigenvalue weighted by molar-refractivity contribution is -0.123. The van der Waals surface area contributed by atoms with Crippen molar-refractivity contribution in [2.45, 2.75) is 38.7 Å². The average Bonchev–Trinajstić information content (AvgIpc) is 3.53. The first kappa shape index (κ1) is 23.9. The first-order valence-corrected chi connectivity index (χ1v) is 13.3. The number of anilines is 1. The fraction of sp³-hybridized carbons (Fsp3) is 0.200. The minimum Gasteiger partial charge on any atom is -0.449 e. The molecular formula is C30H23N3O4S. The number of rotatable bonds is 5. The number of nitrogens with zero attached hydrogens (tertiary/aromatic N) is 2. The van der Waals surface area contributed by atoms with Gasteiger partial charge in [0, 0.05) is 15.8 Å². The van der Waals surface area contributed by atoms with Crippen LogP contribution in [0.2, 0.25) is 0 Å². The molecule has 0 bridgehead atoms. The molecule has 1 unspecified atom stereocenters. The van der Waals surface area contributed by atoms with Gasteiger partial charge >= 0.3 is 5.97 Å². The van der Waals surface area contributed by atoms with Gasteiger partial charge in [-0.05, 0) is 67.8 Å². The van der Waals surface area contributed by atoms with E-state index in [1.54, 1.807) is 12.1 Å². The van der Waals surface area contributed by atoms with Crippen molar-refractivity contribution in [2.75, 3.05) is 5.32 Å². The Morgan fingerprint density at radius 1 is 1.08 bits per heavy atom. The number of carbonyl (C=O) groups is 2. The Morgan fingerprint density at radius 2 is 1.87 bits per heavy atom. The number of carbonyl (C=O) groups excluding carboxylic acids is 2. The smallest absolute Gasteiger partial charge is 0.339 e. The van der Waals surface area contributed by atoms with Crippen molar-refractivity contribution in [3.05, 3.63) is 82.2 Å². The number of fused-ring (bicyclic) bond motifs is 3. The van der Waals surface area contributed by atoms with E-state index in [4.69, 9.17) is 9.15 Å². The summed E-state index contributed by atoms with van der Waals surface area (Å²) in [6.45, 7) is 1.53. The van der Waals surface area contributed by atoms with Crippen LogP contribution in [0.25, 0.3) is 33.3 Å². The number of esters is 1. The number of thiophene rings is 1. The number of ether oxygens (including phenoxy) is 1. The van der Waals surface area contributed by atoms with Gasteiger partial charge in [0.15, 0.2) is 11.7 Å². The minimum absolute atomic E-state index is 0.310. The SMILES string of the molecule is CC(OC(=O)c1cccc2cccc(-c3nc4ccccc4o3)c12)C(=O)Nc1sc2c(c1C#N)CCCC2. The van der Waals surface area contributed by atoms with Crippen molar-refractivity contribution in [1.82, 2.24) is 4.98 Å². The molecule has 6 rings (SSSR count). The summed E-state index contributed by atoms with van der Waals surface area (Å²) in [5.74, 6) is -0.714. The van der Waals surface area contributed by atoms with E-state index in [9.17, 15) is 14.9 Å². The van der Waals surface area contributed by atoms with E-state index in [0.717, 1.165) is 47.0 Å². The number of benzene rings is 3. The molecule has 0 saturated heterocycles. The molecule has 0 radical (unpaired) electrons. The Bertz CT molecular complexity index is 1720. The van der Waals surface area contributed by atoms with Crippen molar-refractivity contribution < 1.29 is 18.7 Å². The number of oxazole rings is 1. The summed E-state index contributed by atoms with van der Waals surface area (Å²) in [5, 5.41) is 14.5. The lowest BCUT2D eigenvalue weighted by Crippen LogP contribution is -2.30. The van der Waals surface area contributed by atoms with E-state index >= 15 is 0 Å². The second-order valence-corrected chi connectivity index (χ2v) is 10.4. The molecule has 0 fully saturated rings. The fourth-order valence-corrected chi connectivity index (χ4v) is 6.18. The molecule has 1 amide bonds. The molecule has 1 aliphatic carbocycles. The first-order chi connectivity index (χ1) is 18.5. The van der Waals surface area contributed by atoms with Crippen molar-refractivity contribution in [3.8, 4) is 17.5 Å². The Morgan fingerprint density at radius 3 is 2.68 bits per heavy atom. The highest BCUT2D eigenvalue weighted by molar-refractivity contribution is 7.16. The third-order valence-corrected chi connectivity index (χ3v) is 8.03. The van der Waals surface area contributed by atoms with Crippen LogP contribution in [0.1, 0.15) is 46.1 Å². The molecule has 0 spiro atoms. The van der Waals surface area contributed by atoms with E-state index in [0.29, 0.717) is 38.6 Å². The number of nitriles is 1. The van der Waals surface area contributed by atoms with Crippen LogP contribution < -0.4 is 5.32 Å². The average molecular weight is 522 g/mol. The standard InChI is InChI=1S/C30H23N3O4S/c1-17(27(34)33-29-22(16-31)19-10-2-5-15-25(19)38-29)36-30(35)21-12-7-9-18-8-6-11-20(26(18)21)28-32-23-13-3-4-14-24(23)37-28/h3-4,6-9,11-14,17H,2,5,10,15H2,1H3,(H,33,34). The zero-order valence-corrected chi connectivity index (χ0v) is 21.4. The summed E-state index contributed by atoms with van der Waals surface area (Å²) in [4.78, 5) is 32.1. The van der Waals surface area contributed by atoms with E-state index < -0.39 is 18.0 Å². The molecular weight excluding hydrogens is 498 g/mol. The number of nitrogens with one attached hydrogen (secondary N) is 1. The Hall–Kier alpha value is -4.48. The summed E-state index contributed by atoms with van der Waals surface area (Å²) in [6.07, 6.45) is 2.81. The summed E-state index contributed by atoms with van der Waals surface area (Å²) in [5.41, 5.74) is 3.89. The van der Waals surface area contributed by atoms with Crippen molar-refractivity contribution in [2.24, 2.45) is 0 Å². The third-order valence-electron chi connectivity index (χ3n) is 6.82. The van der Waals surface area contributed by atoms with E-state index in [1.807, 2.05) is 48.5 Å². The Kier molecular flexibility index (Phi) is 6.14. The monoisotopic (exact) mass is 521 g/mol. The second kappa shape index (κ2) is 9.77. The molecule has 0 aliphatic heterocycles. The molecule has 0 saturated carbocycles. The molecule has 38 heavy (non-hydrogen) atoms.